The Kier molecular flexibility index (Phi) is 5.24. The summed E-state index contributed by atoms with van der Waals surface area (Å²) in [5, 5.41) is 31.7. The lowest BCUT2D eigenvalue weighted by atomic mass is 10.0. The molecular weight excluding hydrogens is 452 g/mol. The molecule has 0 aliphatic heterocycles. The fourth-order valence-corrected chi connectivity index (χ4v) is 4.99. The Balaban J connectivity index is 1.76. The van der Waals surface area contributed by atoms with Crippen LogP contribution in [0.4, 0.5) is 0 Å². The van der Waals surface area contributed by atoms with Crippen molar-refractivity contribution >= 4 is 21.8 Å². The SMILES string of the molecule is N#Cc1cc(C#N)c(-n2c3cc(-c4ccccc4)ccc3c3ccc(-c4ccccc4)cc32)c(C#N)c1. The van der Waals surface area contributed by atoms with E-state index in [4.69, 9.17) is 0 Å². The molecule has 0 N–H and O–H groups in total. The van der Waals surface area contributed by atoms with Gasteiger partial charge in [0.2, 0.25) is 0 Å². The molecule has 4 nitrogen and oxygen atoms in total. The quantitative estimate of drug-likeness (QED) is 0.265. The zero-order valence-electron chi connectivity index (χ0n) is 19.7. The first-order valence-corrected chi connectivity index (χ1v) is 11.8. The first-order chi connectivity index (χ1) is 18.2. The number of fused-ring (bicyclic) bond motifs is 3. The zero-order chi connectivity index (χ0) is 25.4. The van der Waals surface area contributed by atoms with Gasteiger partial charge in [0.15, 0.2) is 0 Å². The third-order valence-electron chi connectivity index (χ3n) is 6.69. The van der Waals surface area contributed by atoms with Crippen molar-refractivity contribution in [3.05, 3.63) is 126 Å². The Morgan fingerprint density at radius 2 is 0.919 bits per heavy atom. The monoisotopic (exact) mass is 470 g/mol. The van der Waals surface area contributed by atoms with Gasteiger partial charge in [0, 0.05) is 10.8 Å². The van der Waals surface area contributed by atoms with E-state index in [0.29, 0.717) is 5.69 Å². The van der Waals surface area contributed by atoms with Crippen LogP contribution in [0.3, 0.4) is 0 Å². The van der Waals surface area contributed by atoms with Crippen molar-refractivity contribution in [3.63, 3.8) is 0 Å². The second-order valence-electron chi connectivity index (χ2n) is 8.79. The maximum absolute atomic E-state index is 10.1. The molecule has 0 unspecified atom stereocenters. The van der Waals surface area contributed by atoms with Crippen molar-refractivity contribution in [2.24, 2.45) is 0 Å². The van der Waals surface area contributed by atoms with Crippen LogP contribution in [-0.2, 0) is 0 Å². The van der Waals surface area contributed by atoms with Crippen LogP contribution in [0.1, 0.15) is 16.7 Å². The van der Waals surface area contributed by atoms with E-state index in [9.17, 15) is 15.8 Å². The lowest BCUT2D eigenvalue weighted by Crippen LogP contribution is -2.02. The summed E-state index contributed by atoms with van der Waals surface area (Å²) in [7, 11) is 0. The predicted molar refractivity (Wildman–Crippen MR) is 146 cm³/mol. The second kappa shape index (κ2) is 8.86. The van der Waals surface area contributed by atoms with E-state index in [1.54, 1.807) is 12.1 Å². The number of hydrogen-bond acceptors (Lipinski definition) is 3. The van der Waals surface area contributed by atoms with Gasteiger partial charge in [0.05, 0.1) is 39.5 Å². The molecule has 170 valence electrons. The molecular formula is C33H18N4. The molecule has 0 spiro atoms. The molecule has 0 aliphatic carbocycles. The van der Waals surface area contributed by atoms with Crippen LogP contribution in [0, 0.1) is 34.0 Å². The Hall–Kier alpha value is -5.63. The highest BCUT2D eigenvalue weighted by molar-refractivity contribution is 6.11. The number of aromatic nitrogens is 1. The van der Waals surface area contributed by atoms with E-state index in [1.165, 1.54) is 0 Å². The van der Waals surface area contributed by atoms with Crippen LogP contribution < -0.4 is 0 Å². The summed E-state index contributed by atoms with van der Waals surface area (Å²) in [6.07, 6.45) is 0. The molecule has 0 fully saturated rings. The summed E-state index contributed by atoms with van der Waals surface area (Å²) in [5.74, 6) is 0. The standard InChI is InChI=1S/C33H18N4/c34-19-22-15-27(20-35)33(28(16-22)21-36)37-31-17-25(23-7-3-1-4-8-23)11-13-29(31)30-14-12-26(18-32(30)37)24-9-5-2-6-10-24/h1-18H. The van der Waals surface area contributed by atoms with Gasteiger partial charge in [-0.1, -0.05) is 84.9 Å². The van der Waals surface area contributed by atoms with E-state index in [2.05, 4.69) is 78.9 Å². The van der Waals surface area contributed by atoms with Gasteiger partial charge in [-0.3, -0.25) is 0 Å². The Morgan fingerprint density at radius 1 is 0.459 bits per heavy atom. The predicted octanol–water partition coefficient (Wildman–Crippen LogP) is 7.73. The second-order valence-corrected chi connectivity index (χ2v) is 8.79. The summed E-state index contributed by atoms with van der Waals surface area (Å²) < 4.78 is 2.00. The first kappa shape index (κ1) is 21.9. The summed E-state index contributed by atoms with van der Waals surface area (Å²) in [6.45, 7) is 0. The van der Waals surface area contributed by atoms with Crippen LogP contribution in [0.5, 0.6) is 0 Å². The van der Waals surface area contributed by atoms with Crippen molar-refractivity contribution in [1.29, 1.82) is 15.8 Å². The Morgan fingerprint density at radius 3 is 1.32 bits per heavy atom. The molecule has 0 radical (unpaired) electrons. The minimum absolute atomic E-state index is 0.282. The molecule has 5 aromatic carbocycles. The summed E-state index contributed by atoms with van der Waals surface area (Å²) in [4.78, 5) is 0. The molecule has 6 rings (SSSR count). The maximum Gasteiger partial charge on any atom is 0.101 e. The summed E-state index contributed by atoms with van der Waals surface area (Å²) >= 11 is 0. The molecule has 0 amide bonds. The molecule has 1 aromatic heterocycles. The van der Waals surface area contributed by atoms with Crippen LogP contribution in [0.25, 0.3) is 49.7 Å². The average Bonchev–Trinajstić information content (AvgIpc) is 3.29. The number of benzene rings is 5. The third-order valence-corrected chi connectivity index (χ3v) is 6.69. The number of hydrogen-bond donors (Lipinski definition) is 0. The van der Waals surface area contributed by atoms with Crippen molar-refractivity contribution in [1.82, 2.24) is 4.57 Å². The topological polar surface area (TPSA) is 76.3 Å². The number of nitrogens with zero attached hydrogens (tertiary/aromatic N) is 4. The maximum atomic E-state index is 10.1. The molecule has 1 heterocycles. The van der Waals surface area contributed by atoms with Gasteiger partial charge in [-0.05, 0) is 46.5 Å². The molecule has 37 heavy (non-hydrogen) atoms. The minimum atomic E-state index is 0.282. The Bertz CT molecular complexity index is 1810. The summed E-state index contributed by atoms with van der Waals surface area (Å²) in [5.41, 5.74) is 7.33. The smallest absolute Gasteiger partial charge is 0.101 e. The van der Waals surface area contributed by atoms with Gasteiger partial charge in [-0.15, -0.1) is 0 Å². The van der Waals surface area contributed by atoms with E-state index in [0.717, 1.165) is 44.1 Å². The molecule has 0 aliphatic rings. The van der Waals surface area contributed by atoms with Gasteiger partial charge in [-0.25, -0.2) is 0 Å². The van der Waals surface area contributed by atoms with E-state index in [1.807, 2.05) is 41.0 Å². The van der Waals surface area contributed by atoms with Crippen LogP contribution in [0.2, 0.25) is 0 Å². The lowest BCUT2D eigenvalue weighted by molar-refractivity contribution is 1.15. The van der Waals surface area contributed by atoms with Gasteiger partial charge in [-0.2, -0.15) is 15.8 Å². The highest BCUT2D eigenvalue weighted by Gasteiger charge is 2.20. The van der Waals surface area contributed by atoms with Crippen LogP contribution >= 0.6 is 0 Å². The molecule has 0 atom stereocenters. The molecule has 0 bridgehead atoms. The van der Waals surface area contributed by atoms with Gasteiger partial charge >= 0.3 is 0 Å². The van der Waals surface area contributed by atoms with Gasteiger partial charge in [0.25, 0.3) is 0 Å². The largest absolute Gasteiger partial charge is 0.307 e. The van der Waals surface area contributed by atoms with Crippen molar-refractivity contribution < 1.29 is 0 Å². The normalized spacial score (nSPS) is 10.6. The fourth-order valence-electron chi connectivity index (χ4n) is 4.99. The van der Waals surface area contributed by atoms with E-state index < -0.39 is 0 Å². The highest BCUT2D eigenvalue weighted by Crippen LogP contribution is 2.38. The molecule has 0 saturated heterocycles. The number of rotatable bonds is 3. The number of nitriles is 3. The van der Waals surface area contributed by atoms with Gasteiger partial charge in [0.1, 0.15) is 12.1 Å². The third kappa shape index (κ3) is 3.60. The van der Waals surface area contributed by atoms with Crippen molar-refractivity contribution in [2.75, 3.05) is 0 Å². The van der Waals surface area contributed by atoms with Crippen LogP contribution in [-0.4, -0.2) is 4.57 Å². The first-order valence-electron chi connectivity index (χ1n) is 11.8. The molecule has 0 saturated carbocycles. The average molecular weight is 471 g/mol. The molecule has 4 heteroatoms. The fraction of sp³-hybridized carbons (Fsp3) is 0. The minimum Gasteiger partial charge on any atom is -0.307 e. The van der Waals surface area contributed by atoms with Crippen molar-refractivity contribution in [3.8, 4) is 46.1 Å². The van der Waals surface area contributed by atoms with Gasteiger partial charge < -0.3 is 4.57 Å². The highest BCUT2D eigenvalue weighted by atomic mass is 15.0. The summed E-state index contributed by atoms with van der Waals surface area (Å²) in [6, 6.07) is 42.5. The van der Waals surface area contributed by atoms with E-state index in [-0.39, 0.29) is 16.7 Å². The van der Waals surface area contributed by atoms with Crippen LogP contribution in [0.15, 0.2) is 109 Å². The zero-order valence-corrected chi connectivity index (χ0v) is 19.7. The lowest BCUT2D eigenvalue weighted by Gasteiger charge is -2.13. The van der Waals surface area contributed by atoms with E-state index >= 15 is 0 Å². The molecule has 6 aromatic rings. The van der Waals surface area contributed by atoms with Crippen molar-refractivity contribution in [2.45, 2.75) is 0 Å². The Labute approximate surface area is 214 Å².